The van der Waals surface area contributed by atoms with Crippen molar-refractivity contribution in [1.29, 1.82) is 0 Å². The number of hydrogen-bond acceptors (Lipinski definition) is 4. The molecule has 0 unspecified atom stereocenters. The molecular weight excluding hydrogens is 354 g/mol. The summed E-state index contributed by atoms with van der Waals surface area (Å²) in [5, 5.41) is 5.00. The number of benzene rings is 1. The molecule has 1 fully saturated rings. The van der Waals surface area contributed by atoms with Crippen LogP contribution >= 0.6 is 0 Å². The third kappa shape index (κ3) is 5.04. The van der Waals surface area contributed by atoms with Crippen molar-refractivity contribution in [3.8, 4) is 0 Å². The molecule has 1 aromatic carbocycles. The van der Waals surface area contributed by atoms with Crippen LogP contribution < -0.4 is 10.6 Å². The van der Waals surface area contributed by atoms with Gasteiger partial charge in [-0.3, -0.25) is 9.59 Å². The van der Waals surface area contributed by atoms with E-state index in [1.54, 1.807) is 35.5 Å². The lowest BCUT2D eigenvalue weighted by atomic mass is 10.0. The standard InChI is InChI=1S/C18H27N3O4S/c1-3-19-17(22)18(23)20-12-11-15-6-4-5-13-21(15)26(24,25)16-9-7-14(2)8-10-16/h7-10,15H,3-6,11-13H2,1-2H3,(H,19,22)(H,20,23)/t15-/m1/s1. The molecule has 1 aromatic rings. The Morgan fingerprint density at radius 2 is 1.77 bits per heavy atom. The Labute approximate surface area is 155 Å². The summed E-state index contributed by atoms with van der Waals surface area (Å²) in [7, 11) is -3.56. The molecule has 26 heavy (non-hydrogen) atoms. The van der Waals surface area contributed by atoms with Gasteiger partial charge in [-0.15, -0.1) is 0 Å². The molecule has 0 aliphatic carbocycles. The van der Waals surface area contributed by atoms with E-state index in [-0.39, 0.29) is 12.6 Å². The van der Waals surface area contributed by atoms with Crippen LogP contribution in [-0.2, 0) is 19.6 Å². The fourth-order valence-corrected chi connectivity index (χ4v) is 4.82. The molecule has 2 N–H and O–H groups in total. The van der Waals surface area contributed by atoms with Crippen molar-refractivity contribution in [3.05, 3.63) is 29.8 Å². The van der Waals surface area contributed by atoms with Crippen LogP contribution in [0, 0.1) is 6.92 Å². The molecule has 2 amide bonds. The van der Waals surface area contributed by atoms with Gasteiger partial charge in [0.2, 0.25) is 10.0 Å². The number of likely N-dealkylation sites (N-methyl/N-ethyl adjacent to an activating group) is 1. The number of piperidine rings is 1. The molecule has 1 saturated heterocycles. The first-order chi connectivity index (χ1) is 12.4. The van der Waals surface area contributed by atoms with E-state index in [0.29, 0.717) is 24.4 Å². The second kappa shape index (κ2) is 9.14. The second-order valence-electron chi connectivity index (χ2n) is 6.48. The van der Waals surface area contributed by atoms with Crippen molar-refractivity contribution in [2.24, 2.45) is 0 Å². The average molecular weight is 381 g/mol. The van der Waals surface area contributed by atoms with Gasteiger partial charge < -0.3 is 10.6 Å². The summed E-state index contributed by atoms with van der Waals surface area (Å²) in [4.78, 5) is 23.4. The summed E-state index contributed by atoms with van der Waals surface area (Å²) in [6, 6.07) is 6.67. The lowest BCUT2D eigenvalue weighted by Crippen LogP contribution is -2.46. The molecule has 1 heterocycles. The highest BCUT2D eigenvalue weighted by atomic mass is 32.2. The van der Waals surface area contributed by atoms with E-state index in [9.17, 15) is 18.0 Å². The van der Waals surface area contributed by atoms with Gasteiger partial charge in [0.1, 0.15) is 0 Å². The lowest BCUT2D eigenvalue weighted by Gasteiger charge is -2.34. The molecule has 1 aliphatic heterocycles. The smallest absolute Gasteiger partial charge is 0.309 e. The fourth-order valence-electron chi connectivity index (χ4n) is 3.10. The van der Waals surface area contributed by atoms with Crippen molar-refractivity contribution in [2.45, 2.75) is 50.5 Å². The Kier molecular flexibility index (Phi) is 7.16. The first kappa shape index (κ1) is 20.4. The topological polar surface area (TPSA) is 95.6 Å². The molecule has 8 heteroatoms. The van der Waals surface area contributed by atoms with Crippen molar-refractivity contribution in [1.82, 2.24) is 14.9 Å². The monoisotopic (exact) mass is 381 g/mol. The van der Waals surface area contributed by atoms with Gasteiger partial charge >= 0.3 is 11.8 Å². The van der Waals surface area contributed by atoms with Gasteiger partial charge in [0.25, 0.3) is 0 Å². The zero-order chi connectivity index (χ0) is 19.2. The summed E-state index contributed by atoms with van der Waals surface area (Å²) in [5.74, 6) is -1.35. The number of sulfonamides is 1. The Hall–Kier alpha value is -1.93. The molecule has 0 radical (unpaired) electrons. The number of amides is 2. The summed E-state index contributed by atoms with van der Waals surface area (Å²) >= 11 is 0. The van der Waals surface area contributed by atoms with Crippen LogP contribution in [0.15, 0.2) is 29.2 Å². The van der Waals surface area contributed by atoms with E-state index in [4.69, 9.17) is 0 Å². The van der Waals surface area contributed by atoms with Crippen molar-refractivity contribution in [2.75, 3.05) is 19.6 Å². The molecule has 144 valence electrons. The van der Waals surface area contributed by atoms with Crippen LogP contribution in [0.2, 0.25) is 0 Å². The van der Waals surface area contributed by atoms with E-state index >= 15 is 0 Å². The van der Waals surface area contributed by atoms with E-state index < -0.39 is 21.8 Å². The number of nitrogens with one attached hydrogen (secondary N) is 2. The molecular formula is C18H27N3O4S. The number of rotatable bonds is 6. The molecule has 0 spiro atoms. The minimum Gasteiger partial charge on any atom is -0.348 e. The van der Waals surface area contributed by atoms with Gasteiger partial charge in [-0.25, -0.2) is 8.42 Å². The minimum atomic E-state index is -3.56. The van der Waals surface area contributed by atoms with E-state index in [1.807, 2.05) is 6.92 Å². The quantitative estimate of drug-likeness (QED) is 0.724. The first-order valence-electron chi connectivity index (χ1n) is 9.00. The van der Waals surface area contributed by atoms with Crippen LogP contribution in [0.25, 0.3) is 0 Å². The summed E-state index contributed by atoms with van der Waals surface area (Å²) in [6.07, 6.45) is 3.01. The highest BCUT2D eigenvalue weighted by Gasteiger charge is 2.33. The van der Waals surface area contributed by atoms with Crippen LogP contribution in [0.5, 0.6) is 0 Å². The highest BCUT2D eigenvalue weighted by Crippen LogP contribution is 2.27. The summed E-state index contributed by atoms with van der Waals surface area (Å²) in [5.41, 5.74) is 1.01. The maximum Gasteiger partial charge on any atom is 0.309 e. The molecule has 0 saturated carbocycles. The van der Waals surface area contributed by atoms with Crippen LogP contribution in [0.1, 0.15) is 38.2 Å². The van der Waals surface area contributed by atoms with Gasteiger partial charge in [0.05, 0.1) is 4.90 Å². The summed E-state index contributed by atoms with van der Waals surface area (Å²) < 4.78 is 27.5. The molecule has 1 aliphatic rings. The molecule has 0 bridgehead atoms. The number of carbonyl (C=O) groups excluding carboxylic acids is 2. The minimum absolute atomic E-state index is 0.176. The van der Waals surface area contributed by atoms with Gasteiger partial charge in [0.15, 0.2) is 0 Å². The lowest BCUT2D eigenvalue weighted by molar-refractivity contribution is -0.139. The Morgan fingerprint density at radius 3 is 2.42 bits per heavy atom. The van der Waals surface area contributed by atoms with Crippen molar-refractivity contribution < 1.29 is 18.0 Å². The third-order valence-electron chi connectivity index (χ3n) is 4.51. The molecule has 7 nitrogen and oxygen atoms in total. The number of carbonyl (C=O) groups is 2. The first-order valence-corrected chi connectivity index (χ1v) is 10.4. The highest BCUT2D eigenvalue weighted by molar-refractivity contribution is 7.89. The number of hydrogen-bond donors (Lipinski definition) is 2. The van der Waals surface area contributed by atoms with Gasteiger partial charge in [0, 0.05) is 25.7 Å². The predicted molar refractivity (Wildman–Crippen MR) is 99.0 cm³/mol. The Balaban J connectivity index is 2.02. The number of nitrogens with zero attached hydrogens (tertiary/aromatic N) is 1. The fraction of sp³-hybridized carbons (Fsp3) is 0.556. The Bertz CT molecular complexity index is 731. The van der Waals surface area contributed by atoms with Crippen LogP contribution in [0.4, 0.5) is 0 Å². The van der Waals surface area contributed by atoms with Crippen molar-refractivity contribution >= 4 is 21.8 Å². The van der Waals surface area contributed by atoms with Gasteiger partial charge in [-0.05, 0) is 45.2 Å². The number of aryl methyl sites for hydroxylation is 1. The second-order valence-corrected chi connectivity index (χ2v) is 8.37. The SMILES string of the molecule is CCNC(=O)C(=O)NCC[C@H]1CCCCN1S(=O)(=O)c1ccc(C)cc1. The van der Waals surface area contributed by atoms with Gasteiger partial charge in [-0.1, -0.05) is 24.1 Å². The normalized spacial score (nSPS) is 18.3. The zero-order valence-corrected chi connectivity index (χ0v) is 16.1. The van der Waals surface area contributed by atoms with Crippen molar-refractivity contribution in [3.63, 3.8) is 0 Å². The zero-order valence-electron chi connectivity index (χ0n) is 15.3. The predicted octanol–water partition coefficient (Wildman–Crippen LogP) is 1.18. The van der Waals surface area contributed by atoms with E-state index in [0.717, 1.165) is 24.8 Å². The molecule has 0 aromatic heterocycles. The maximum atomic E-state index is 13.0. The third-order valence-corrected chi connectivity index (χ3v) is 6.47. The molecule has 2 rings (SSSR count). The van der Waals surface area contributed by atoms with Gasteiger partial charge in [-0.2, -0.15) is 4.31 Å². The van der Waals surface area contributed by atoms with E-state index in [2.05, 4.69) is 10.6 Å². The largest absolute Gasteiger partial charge is 0.348 e. The van der Waals surface area contributed by atoms with Crippen LogP contribution in [-0.4, -0.2) is 50.2 Å². The Morgan fingerprint density at radius 1 is 1.12 bits per heavy atom. The summed E-state index contributed by atoms with van der Waals surface area (Å²) in [6.45, 7) is 4.78. The molecule has 1 atom stereocenters. The maximum absolute atomic E-state index is 13.0. The van der Waals surface area contributed by atoms with Crippen LogP contribution in [0.3, 0.4) is 0 Å². The van der Waals surface area contributed by atoms with E-state index in [1.165, 1.54) is 0 Å². The average Bonchev–Trinajstić information content (AvgIpc) is 2.62.